The van der Waals surface area contributed by atoms with Gasteiger partial charge in [-0.25, -0.2) is 13.2 Å². The molecule has 1 aliphatic heterocycles. The van der Waals surface area contributed by atoms with E-state index in [4.69, 9.17) is 9.47 Å². The first kappa shape index (κ1) is 25.4. The van der Waals surface area contributed by atoms with E-state index in [1.807, 2.05) is 27.7 Å². The second kappa shape index (κ2) is 10.3. The summed E-state index contributed by atoms with van der Waals surface area (Å²) < 4.78 is 38.5. The molecule has 0 aliphatic carbocycles. The van der Waals surface area contributed by atoms with Crippen LogP contribution in [0, 0.1) is 0 Å². The number of rotatable bonds is 6. The van der Waals surface area contributed by atoms with Crippen molar-refractivity contribution in [3.05, 3.63) is 54.1 Å². The fourth-order valence-electron chi connectivity index (χ4n) is 3.38. The van der Waals surface area contributed by atoms with Gasteiger partial charge in [-0.1, -0.05) is 0 Å². The largest absolute Gasteiger partial charge is 0.494 e. The Bertz CT molecular complexity index is 1100. The molecule has 2 aromatic carbocycles. The summed E-state index contributed by atoms with van der Waals surface area (Å²) in [5.41, 5.74) is 0.218. The minimum Gasteiger partial charge on any atom is -0.494 e. The average molecular weight is 490 g/mol. The number of hydrogen-bond acceptors (Lipinski definition) is 6. The number of carbonyl (C=O) groups excluding carboxylic acids is 2. The summed E-state index contributed by atoms with van der Waals surface area (Å²) >= 11 is 0. The Morgan fingerprint density at radius 1 is 0.912 bits per heavy atom. The minimum atomic E-state index is -3.78. The van der Waals surface area contributed by atoms with Gasteiger partial charge in [0.15, 0.2) is 0 Å². The highest BCUT2D eigenvalue weighted by Gasteiger charge is 2.28. The number of nitrogens with zero attached hydrogens (tertiary/aromatic N) is 2. The van der Waals surface area contributed by atoms with Crippen LogP contribution in [0.1, 0.15) is 38.1 Å². The number of benzene rings is 2. The van der Waals surface area contributed by atoms with Gasteiger partial charge in [0.2, 0.25) is 0 Å². The SMILES string of the molecule is CCOc1ccc(S(=O)(=O)Nc2ccc(C(=O)N3CCN(C(=O)OC(C)(C)C)CC3)cc2)cc1. The lowest BCUT2D eigenvalue weighted by Crippen LogP contribution is -2.51. The fraction of sp³-hybridized carbons (Fsp3) is 0.417. The monoisotopic (exact) mass is 489 g/mol. The van der Waals surface area contributed by atoms with E-state index in [1.54, 1.807) is 46.2 Å². The molecule has 34 heavy (non-hydrogen) atoms. The van der Waals surface area contributed by atoms with E-state index in [9.17, 15) is 18.0 Å². The molecule has 0 bridgehead atoms. The summed E-state index contributed by atoms with van der Waals surface area (Å²) in [5.74, 6) is 0.418. The molecular weight excluding hydrogens is 458 g/mol. The normalized spacial score (nSPS) is 14.5. The standard InChI is InChI=1S/C24H31N3O6S/c1-5-32-20-10-12-21(13-11-20)34(30,31)25-19-8-6-18(7-9-19)22(28)26-14-16-27(17-15-26)23(29)33-24(2,3)4/h6-13,25H,5,14-17H2,1-4H3. The molecule has 0 aromatic heterocycles. The molecule has 0 saturated carbocycles. The van der Waals surface area contributed by atoms with Gasteiger partial charge in [0.05, 0.1) is 11.5 Å². The average Bonchev–Trinajstić information content (AvgIpc) is 2.78. The van der Waals surface area contributed by atoms with Gasteiger partial charge in [-0.3, -0.25) is 9.52 Å². The van der Waals surface area contributed by atoms with Gasteiger partial charge < -0.3 is 19.3 Å². The van der Waals surface area contributed by atoms with Crippen LogP contribution in [0.2, 0.25) is 0 Å². The topological polar surface area (TPSA) is 105 Å². The summed E-state index contributed by atoms with van der Waals surface area (Å²) in [6, 6.07) is 12.4. The Kier molecular flexibility index (Phi) is 7.71. The number of piperazine rings is 1. The van der Waals surface area contributed by atoms with Crippen molar-refractivity contribution in [3.63, 3.8) is 0 Å². The maximum Gasteiger partial charge on any atom is 0.410 e. The molecule has 3 rings (SSSR count). The maximum absolute atomic E-state index is 12.8. The molecule has 1 aliphatic rings. The number of amides is 2. The first-order chi connectivity index (χ1) is 16.0. The van der Waals surface area contributed by atoms with Crippen molar-refractivity contribution < 1.29 is 27.5 Å². The van der Waals surface area contributed by atoms with Crippen molar-refractivity contribution in [2.24, 2.45) is 0 Å². The van der Waals surface area contributed by atoms with Gasteiger partial charge in [0, 0.05) is 37.4 Å². The molecule has 10 heteroatoms. The third-order valence-corrected chi connectivity index (χ3v) is 6.44. The molecule has 2 amide bonds. The lowest BCUT2D eigenvalue weighted by Gasteiger charge is -2.35. The van der Waals surface area contributed by atoms with E-state index in [1.165, 1.54) is 12.1 Å². The van der Waals surface area contributed by atoms with Gasteiger partial charge in [0.25, 0.3) is 15.9 Å². The highest BCUT2D eigenvalue weighted by molar-refractivity contribution is 7.92. The molecule has 0 spiro atoms. The fourth-order valence-corrected chi connectivity index (χ4v) is 4.44. The van der Waals surface area contributed by atoms with E-state index >= 15 is 0 Å². The predicted molar refractivity (Wildman–Crippen MR) is 129 cm³/mol. The second-order valence-corrected chi connectivity index (χ2v) is 10.5. The molecular formula is C24H31N3O6S. The van der Waals surface area contributed by atoms with Crippen molar-refractivity contribution in [1.82, 2.24) is 9.80 Å². The number of ether oxygens (including phenoxy) is 2. The summed E-state index contributed by atoms with van der Waals surface area (Å²) in [6.07, 6.45) is -0.385. The van der Waals surface area contributed by atoms with Gasteiger partial charge >= 0.3 is 6.09 Å². The molecule has 1 N–H and O–H groups in total. The first-order valence-electron chi connectivity index (χ1n) is 11.1. The molecule has 1 saturated heterocycles. The molecule has 0 atom stereocenters. The van der Waals surface area contributed by atoms with Crippen LogP contribution in [0.25, 0.3) is 0 Å². The van der Waals surface area contributed by atoms with Crippen molar-refractivity contribution >= 4 is 27.7 Å². The Morgan fingerprint density at radius 3 is 2.00 bits per heavy atom. The van der Waals surface area contributed by atoms with Crippen LogP contribution in [0.5, 0.6) is 5.75 Å². The van der Waals surface area contributed by atoms with E-state index in [-0.39, 0.29) is 16.9 Å². The zero-order valence-electron chi connectivity index (χ0n) is 19.9. The Morgan fingerprint density at radius 2 is 1.47 bits per heavy atom. The number of carbonyl (C=O) groups is 2. The number of anilines is 1. The lowest BCUT2D eigenvalue weighted by molar-refractivity contribution is 0.0141. The van der Waals surface area contributed by atoms with Crippen molar-refractivity contribution in [2.75, 3.05) is 37.5 Å². The second-order valence-electron chi connectivity index (χ2n) is 8.85. The molecule has 2 aromatic rings. The smallest absolute Gasteiger partial charge is 0.410 e. The minimum absolute atomic E-state index is 0.110. The number of sulfonamides is 1. The highest BCUT2D eigenvalue weighted by atomic mass is 32.2. The Hall–Kier alpha value is -3.27. The van der Waals surface area contributed by atoms with Crippen LogP contribution < -0.4 is 9.46 Å². The van der Waals surface area contributed by atoms with E-state index in [0.717, 1.165) is 0 Å². The third kappa shape index (κ3) is 6.63. The van der Waals surface area contributed by atoms with Gasteiger partial charge in [-0.2, -0.15) is 0 Å². The molecule has 1 heterocycles. The first-order valence-corrected chi connectivity index (χ1v) is 12.6. The van der Waals surface area contributed by atoms with Crippen LogP contribution in [0.4, 0.5) is 10.5 Å². The van der Waals surface area contributed by atoms with Crippen LogP contribution in [-0.2, 0) is 14.8 Å². The predicted octanol–water partition coefficient (Wildman–Crippen LogP) is 3.58. The highest BCUT2D eigenvalue weighted by Crippen LogP contribution is 2.20. The van der Waals surface area contributed by atoms with Crippen molar-refractivity contribution in [3.8, 4) is 5.75 Å². The van der Waals surface area contributed by atoms with Crippen molar-refractivity contribution in [1.29, 1.82) is 0 Å². The maximum atomic E-state index is 12.8. The van der Waals surface area contributed by atoms with Crippen LogP contribution in [-0.4, -0.2) is 68.6 Å². The van der Waals surface area contributed by atoms with Gasteiger partial charge in [0.1, 0.15) is 11.4 Å². The van der Waals surface area contributed by atoms with Gasteiger partial charge in [-0.05, 0) is 76.2 Å². The molecule has 1 fully saturated rings. The third-order valence-electron chi connectivity index (χ3n) is 5.05. The van der Waals surface area contributed by atoms with E-state index < -0.39 is 15.6 Å². The van der Waals surface area contributed by atoms with Crippen molar-refractivity contribution in [2.45, 2.75) is 38.2 Å². The summed E-state index contributed by atoms with van der Waals surface area (Å²) in [5, 5.41) is 0. The number of hydrogen-bond donors (Lipinski definition) is 1. The quantitative estimate of drug-likeness (QED) is 0.665. The van der Waals surface area contributed by atoms with E-state index in [2.05, 4.69) is 4.72 Å². The van der Waals surface area contributed by atoms with Crippen LogP contribution in [0.3, 0.4) is 0 Å². The van der Waals surface area contributed by atoms with Gasteiger partial charge in [-0.15, -0.1) is 0 Å². The zero-order valence-corrected chi connectivity index (χ0v) is 20.7. The molecule has 0 radical (unpaired) electrons. The Balaban J connectivity index is 1.58. The molecule has 9 nitrogen and oxygen atoms in total. The van der Waals surface area contributed by atoms with Crippen LogP contribution >= 0.6 is 0 Å². The Labute approximate surface area is 200 Å². The van der Waals surface area contributed by atoms with E-state index in [0.29, 0.717) is 49.8 Å². The molecule has 184 valence electrons. The summed E-state index contributed by atoms with van der Waals surface area (Å²) in [6.45, 7) is 9.35. The summed E-state index contributed by atoms with van der Waals surface area (Å²) in [4.78, 5) is 28.4. The zero-order chi connectivity index (χ0) is 24.9. The van der Waals surface area contributed by atoms with Crippen LogP contribution in [0.15, 0.2) is 53.4 Å². The molecule has 0 unspecified atom stereocenters. The summed E-state index contributed by atoms with van der Waals surface area (Å²) in [7, 11) is -3.78. The lowest BCUT2D eigenvalue weighted by atomic mass is 10.1. The number of nitrogens with one attached hydrogen (secondary N) is 1.